The second-order valence-electron chi connectivity index (χ2n) is 6.80. The van der Waals surface area contributed by atoms with Crippen molar-refractivity contribution in [1.29, 1.82) is 0 Å². The first-order valence-electron chi connectivity index (χ1n) is 9.99. The van der Waals surface area contributed by atoms with Crippen molar-refractivity contribution in [1.82, 2.24) is 9.55 Å². The number of para-hydroxylation sites is 3. The average Bonchev–Trinajstić information content (AvgIpc) is 2.79. The van der Waals surface area contributed by atoms with E-state index >= 15 is 0 Å². The van der Waals surface area contributed by atoms with Crippen LogP contribution >= 0.6 is 11.8 Å². The molecule has 32 heavy (non-hydrogen) atoms. The third-order valence-electron chi connectivity index (χ3n) is 4.59. The van der Waals surface area contributed by atoms with E-state index in [1.54, 1.807) is 42.5 Å². The zero-order valence-corrected chi connectivity index (χ0v) is 18.1. The Morgan fingerprint density at radius 3 is 2.69 bits per heavy atom. The summed E-state index contributed by atoms with van der Waals surface area (Å²) in [5.74, 6) is -0.251. The van der Waals surface area contributed by atoms with E-state index in [9.17, 15) is 14.0 Å². The molecule has 1 N–H and O–H groups in total. The molecule has 0 aliphatic rings. The minimum Gasteiger partial charge on any atom is -0.492 e. The van der Waals surface area contributed by atoms with Crippen LogP contribution in [0.1, 0.15) is 6.92 Å². The van der Waals surface area contributed by atoms with Gasteiger partial charge >= 0.3 is 0 Å². The first-order chi connectivity index (χ1) is 15.6. The van der Waals surface area contributed by atoms with Crippen LogP contribution in [0.4, 0.5) is 10.1 Å². The van der Waals surface area contributed by atoms with Gasteiger partial charge < -0.3 is 10.1 Å². The third kappa shape index (κ3) is 4.65. The number of nitrogens with zero attached hydrogens (tertiary/aromatic N) is 2. The molecule has 1 amide bonds. The Balaban J connectivity index is 1.71. The zero-order valence-electron chi connectivity index (χ0n) is 17.2. The molecule has 0 saturated heterocycles. The van der Waals surface area contributed by atoms with Crippen molar-refractivity contribution in [3.63, 3.8) is 0 Å². The standard InChI is InChI=1S/C24H20FN3O3S/c1-2-31-21-13-6-5-12-20(21)28-23(30)18-10-3-4-11-19(18)27-24(28)32-15-22(29)26-17-9-7-8-16(25)14-17/h3-14H,2,15H2,1H3,(H,26,29). The van der Waals surface area contributed by atoms with Crippen molar-refractivity contribution in [2.24, 2.45) is 0 Å². The van der Waals surface area contributed by atoms with E-state index in [2.05, 4.69) is 10.3 Å². The number of thioether (sulfide) groups is 1. The van der Waals surface area contributed by atoms with E-state index in [4.69, 9.17) is 4.74 Å². The summed E-state index contributed by atoms with van der Waals surface area (Å²) in [6.07, 6.45) is 0. The SMILES string of the molecule is CCOc1ccccc1-n1c(SCC(=O)Nc2cccc(F)c2)nc2ccccc2c1=O. The number of hydrogen-bond acceptors (Lipinski definition) is 5. The highest BCUT2D eigenvalue weighted by Gasteiger charge is 2.17. The topological polar surface area (TPSA) is 73.2 Å². The number of ether oxygens (including phenoxy) is 1. The lowest BCUT2D eigenvalue weighted by molar-refractivity contribution is -0.113. The Bertz CT molecular complexity index is 1340. The minimum atomic E-state index is -0.437. The lowest BCUT2D eigenvalue weighted by atomic mass is 10.2. The third-order valence-corrected chi connectivity index (χ3v) is 5.53. The Kier molecular flexibility index (Phi) is 6.51. The van der Waals surface area contributed by atoms with Crippen molar-refractivity contribution in [3.8, 4) is 11.4 Å². The monoisotopic (exact) mass is 449 g/mol. The number of fused-ring (bicyclic) bond motifs is 1. The van der Waals surface area contributed by atoms with Crippen LogP contribution in [-0.2, 0) is 4.79 Å². The molecule has 162 valence electrons. The van der Waals surface area contributed by atoms with Crippen LogP contribution in [-0.4, -0.2) is 27.8 Å². The number of benzene rings is 3. The number of aromatic nitrogens is 2. The number of amides is 1. The van der Waals surface area contributed by atoms with Gasteiger partial charge in [-0.3, -0.25) is 14.2 Å². The summed E-state index contributed by atoms with van der Waals surface area (Å²) in [6.45, 7) is 2.30. The average molecular weight is 450 g/mol. The Hall–Kier alpha value is -3.65. The largest absolute Gasteiger partial charge is 0.492 e. The van der Waals surface area contributed by atoms with Crippen molar-refractivity contribution < 1.29 is 13.9 Å². The normalized spacial score (nSPS) is 10.8. The molecule has 0 bridgehead atoms. The Morgan fingerprint density at radius 2 is 1.88 bits per heavy atom. The van der Waals surface area contributed by atoms with Crippen molar-refractivity contribution in [2.75, 3.05) is 17.7 Å². The van der Waals surface area contributed by atoms with Gasteiger partial charge in [0, 0.05) is 5.69 Å². The van der Waals surface area contributed by atoms with Gasteiger partial charge in [-0.25, -0.2) is 9.37 Å². The molecule has 0 fully saturated rings. The fraction of sp³-hybridized carbons (Fsp3) is 0.125. The van der Waals surface area contributed by atoms with Gasteiger partial charge in [0.05, 0.1) is 29.0 Å². The van der Waals surface area contributed by atoms with Gasteiger partial charge in [0.1, 0.15) is 11.6 Å². The predicted molar refractivity (Wildman–Crippen MR) is 124 cm³/mol. The number of hydrogen-bond donors (Lipinski definition) is 1. The van der Waals surface area contributed by atoms with Crippen molar-refractivity contribution in [3.05, 3.63) is 89.0 Å². The minimum absolute atomic E-state index is 0.0158. The molecule has 4 aromatic rings. The molecular weight excluding hydrogens is 429 g/mol. The van der Waals surface area contributed by atoms with Crippen LogP contribution in [0.25, 0.3) is 16.6 Å². The summed E-state index contributed by atoms with van der Waals surface area (Å²) in [6, 6.07) is 19.9. The molecule has 0 unspecified atom stereocenters. The van der Waals surface area contributed by atoms with Gasteiger partial charge in [0.15, 0.2) is 5.16 Å². The smallest absolute Gasteiger partial charge is 0.266 e. The summed E-state index contributed by atoms with van der Waals surface area (Å²) in [7, 11) is 0. The summed E-state index contributed by atoms with van der Waals surface area (Å²) < 4.78 is 20.6. The number of nitrogens with one attached hydrogen (secondary N) is 1. The van der Waals surface area contributed by atoms with Crippen LogP contribution in [0.2, 0.25) is 0 Å². The molecule has 3 aromatic carbocycles. The molecule has 0 aliphatic heterocycles. The van der Waals surface area contributed by atoms with E-state index in [0.717, 1.165) is 11.8 Å². The second-order valence-corrected chi connectivity index (χ2v) is 7.74. The van der Waals surface area contributed by atoms with E-state index in [-0.39, 0.29) is 17.2 Å². The second kappa shape index (κ2) is 9.65. The molecule has 1 aromatic heterocycles. The number of halogens is 1. The molecular formula is C24H20FN3O3S. The highest BCUT2D eigenvalue weighted by atomic mass is 32.2. The van der Waals surface area contributed by atoms with Crippen LogP contribution in [0, 0.1) is 5.82 Å². The molecule has 0 saturated carbocycles. The molecule has 6 nitrogen and oxygen atoms in total. The number of anilines is 1. The number of carbonyl (C=O) groups is 1. The van der Waals surface area contributed by atoms with Crippen LogP contribution in [0.3, 0.4) is 0 Å². The first-order valence-corrected chi connectivity index (χ1v) is 11.0. The quantitative estimate of drug-likeness (QED) is 0.328. The maximum absolute atomic E-state index is 13.4. The van der Waals surface area contributed by atoms with Crippen LogP contribution in [0.5, 0.6) is 5.75 Å². The number of carbonyl (C=O) groups excluding carboxylic acids is 1. The van der Waals surface area contributed by atoms with Gasteiger partial charge in [0.2, 0.25) is 5.91 Å². The Morgan fingerprint density at radius 1 is 1.09 bits per heavy atom. The van der Waals surface area contributed by atoms with E-state index in [1.807, 2.05) is 19.1 Å². The van der Waals surface area contributed by atoms with E-state index in [0.29, 0.717) is 39.8 Å². The van der Waals surface area contributed by atoms with Gasteiger partial charge in [-0.1, -0.05) is 42.1 Å². The fourth-order valence-electron chi connectivity index (χ4n) is 3.23. The Labute approximate surface area is 188 Å². The van der Waals surface area contributed by atoms with Crippen LogP contribution < -0.4 is 15.6 Å². The van der Waals surface area contributed by atoms with E-state index < -0.39 is 5.82 Å². The maximum Gasteiger partial charge on any atom is 0.266 e. The lowest BCUT2D eigenvalue weighted by Gasteiger charge is -2.16. The van der Waals surface area contributed by atoms with Crippen LogP contribution in [0.15, 0.2) is 82.7 Å². The molecule has 0 radical (unpaired) electrons. The summed E-state index contributed by atoms with van der Waals surface area (Å²) >= 11 is 1.12. The van der Waals surface area contributed by atoms with Gasteiger partial charge in [0.25, 0.3) is 5.56 Å². The number of rotatable bonds is 7. The molecule has 4 rings (SSSR count). The molecule has 0 atom stereocenters. The van der Waals surface area contributed by atoms with Gasteiger partial charge in [-0.2, -0.15) is 0 Å². The van der Waals surface area contributed by atoms with Crippen molar-refractivity contribution >= 4 is 34.3 Å². The highest BCUT2D eigenvalue weighted by Crippen LogP contribution is 2.27. The van der Waals surface area contributed by atoms with Gasteiger partial charge in [-0.05, 0) is 49.4 Å². The highest BCUT2D eigenvalue weighted by molar-refractivity contribution is 7.99. The lowest BCUT2D eigenvalue weighted by Crippen LogP contribution is -2.23. The first kappa shape index (κ1) is 21.6. The zero-order chi connectivity index (χ0) is 22.5. The summed E-state index contributed by atoms with van der Waals surface area (Å²) in [4.78, 5) is 30.5. The predicted octanol–water partition coefficient (Wildman–Crippen LogP) is 4.65. The summed E-state index contributed by atoms with van der Waals surface area (Å²) in [5.41, 5.74) is 1.19. The van der Waals surface area contributed by atoms with Gasteiger partial charge in [-0.15, -0.1) is 0 Å². The molecule has 0 spiro atoms. The maximum atomic E-state index is 13.4. The molecule has 8 heteroatoms. The molecule has 0 aliphatic carbocycles. The van der Waals surface area contributed by atoms with Crippen molar-refractivity contribution in [2.45, 2.75) is 12.1 Å². The van der Waals surface area contributed by atoms with E-state index in [1.165, 1.54) is 22.8 Å². The summed E-state index contributed by atoms with van der Waals surface area (Å²) in [5, 5.41) is 3.48. The molecule has 1 heterocycles. The fourth-order valence-corrected chi connectivity index (χ4v) is 4.04.